The molecular weight excluding hydrogens is 280 g/mol. The van der Waals surface area contributed by atoms with Crippen molar-refractivity contribution in [1.82, 2.24) is 28.9 Å². The Morgan fingerprint density at radius 3 is 2.68 bits per heavy atom. The molecule has 0 bridgehead atoms. The number of rotatable bonds is 2. The molecule has 4 rings (SSSR count). The van der Waals surface area contributed by atoms with Gasteiger partial charge in [-0.25, -0.2) is 9.67 Å². The van der Waals surface area contributed by atoms with Crippen LogP contribution < -0.4 is 5.56 Å². The molecule has 7 nitrogen and oxygen atoms in total. The van der Waals surface area contributed by atoms with Crippen LogP contribution in [0.5, 0.6) is 0 Å². The summed E-state index contributed by atoms with van der Waals surface area (Å²) in [5, 5.41) is 10.2. The van der Waals surface area contributed by atoms with Crippen molar-refractivity contribution in [1.29, 1.82) is 0 Å². The van der Waals surface area contributed by atoms with Gasteiger partial charge in [0, 0.05) is 25.4 Å². The van der Waals surface area contributed by atoms with Gasteiger partial charge in [-0.1, -0.05) is 0 Å². The van der Waals surface area contributed by atoms with Gasteiger partial charge >= 0.3 is 0 Å². The fourth-order valence-electron chi connectivity index (χ4n) is 3.07. The van der Waals surface area contributed by atoms with Crippen molar-refractivity contribution in [3.8, 4) is 0 Å². The number of aromatic nitrogens is 6. The van der Waals surface area contributed by atoms with E-state index in [1.807, 2.05) is 24.6 Å². The van der Waals surface area contributed by atoms with Gasteiger partial charge in [0.05, 0.1) is 28.2 Å². The number of hydrogen-bond acceptors (Lipinski definition) is 4. The molecule has 0 aliphatic heterocycles. The normalized spacial score (nSPS) is 12.0. The fourth-order valence-corrected chi connectivity index (χ4v) is 3.07. The second-order valence-electron chi connectivity index (χ2n) is 5.32. The Balaban J connectivity index is 2.33. The van der Waals surface area contributed by atoms with Gasteiger partial charge < -0.3 is 4.57 Å². The molecule has 0 aliphatic carbocycles. The molecule has 0 unspecified atom stereocenters. The van der Waals surface area contributed by atoms with Gasteiger partial charge in [0.2, 0.25) is 0 Å². The summed E-state index contributed by atoms with van der Waals surface area (Å²) in [6, 6.07) is 1.93. The van der Waals surface area contributed by atoms with Crippen LogP contribution in [-0.2, 0) is 13.1 Å². The van der Waals surface area contributed by atoms with Gasteiger partial charge in [-0.05, 0) is 20.8 Å². The molecule has 0 saturated heterocycles. The first kappa shape index (κ1) is 13.0. The Labute approximate surface area is 125 Å². The third-order valence-corrected chi connectivity index (χ3v) is 4.04. The minimum absolute atomic E-state index is 0.138. The molecule has 0 amide bonds. The predicted octanol–water partition coefficient (Wildman–Crippen LogP) is 1.74. The standard InChI is InChI=1S/C15H16N6O/c1-4-19-12-6-9(3)18-21(12)15(22)11-7-16-14-10(13(11)19)8-17-20(14)5-2/h6-8H,4-5H2,1-3H3. The lowest BCUT2D eigenvalue weighted by Gasteiger charge is -2.11. The van der Waals surface area contributed by atoms with E-state index < -0.39 is 0 Å². The summed E-state index contributed by atoms with van der Waals surface area (Å²) in [6.07, 6.45) is 3.43. The first-order valence-corrected chi connectivity index (χ1v) is 7.39. The van der Waals surface area contributed by atoms with Crippen molar-refractivity contribution in [2.24, 2.45) is 0 Å². The van der Waals surface area contributed by atoms with Gasteiger partial charge in [-0.2, -0.15) is 14.7 Å². The van der Waals surface area contributed by atoms with Crippen molar-refractivity contribution in [3.05, 3.63) is 34.5 Å². The van der Waals surface area contributed by atoms with E-state index in [9.17, 15) is 4.79 Å². The van der Waals surface area contributed by atoms with E-state index in [4.69, 9.17) is 0 Å². The molecule has 4 aromatic rings. The third kappa shape index (κ3) is 1.50. The average molecular weight is 296 g/mol. The summed E-state index contributed by atoms with van der Waals surface area (Å²) in [7, 11) is 0. The molecule has 0 atom stereocenters. The van der Waals surface area contributed by atoms with Gasteiger partial charge in [0.1, 0.15) is 5.65 Å². The van der Waals surface area contributed by atoms with E-state index in [0.717, 1.165) is 41.0 Å². The molecule has 0 N–H and O–H groups in total. The molecule has 7 heteroatoms. The molecule has 4 heterocycles. The number of hydrogen-bond donors (Lipinski definition) is 0. The summed E-state index contributed by atoms with van der Waals surface area (Å²) in [4.78, 5) is 17.1. The fraction of sp³-hybridized carbons (Fsp3) is 0.333. The maximum absolute atomic E-state index is 12.7. The van der Waals surface area contributed by atoms with Gasteiger partial charge in [-0.15, -0.1) is 0 Å². The van der Waals surface area contributed by atoms with Crippen LogP contribution in [0.1, 0.15) is 19.5 Å². The Morgan fingerprint density at radius 2 is 1.95 bits per heavy atom. The summed E-state index contributed by atoms with van der Waals surface area (Å²) >= 11 is 0. The van der Waals surface area contributed by atoms with Crippen LogP contribution in [-0.4, -0.2) is 28.9 Å². The molecule has 0 saturated carbocycles. The van der Waals surface area contributed by atoms with Crippen LogP contribution >= 0.6 is 0 Å². The van der Waals surface area contributed by atoms with Crippen molar-refractivity contribution < 1.29 is 0 Å². The van der Waals surface area contributed by atoms with Gasteiger partial charge in [0.15, 0.2) is 5.65 Å². The molecule has 4 aromatic heterocycles. The molecule has 0 spiro atoms. The first-order valence-electron chi connectivity index (χ1n) is 7.39. The molecule has 22 heavy (non-hydrogen) atoms. The predicted molar refractivity (Wildman–Crippen MR) is 84.1 cm³/mol. The maximum atomic E-state index is 12.7. The Kier molecular flexibility index (Phi) is 2.60. The quantitative estimate of drug-likeness (QED) is 0.565. The second kappa shape index (κ2) is 4.40. The van der Waals surface area contributed by atoms with E-state index in [-0.39, 0.29) is 5.56 Å². The van der Waals surface area contributed by atoms with Crippen molar-refractivity contribution >= 4 is 27.6 Å². The molecule has 0 aromatic carbocycles. The van der Waals surface area contributed by atoms with E-state index in [1.165, 1.54) is 4.52 Å². The summed E-state index contributed by atoms with van der Waals surface area (Å²) in [5.41, 5.74) is 3.17. The van der Waals surface area contributed by atoms with Crippen molar-refractivity contribution in [3.63, 3.8) is 0 Å². The van der Waals surface area contributed by atoms with E-state index >= 15 is 0 Å². The van der Waals surface area contributed by atoms with E-state index in [0.29, 0.717) is 5.39 Å². The Bertz CT molecular complexity index is 1080. The minimum Gasteiger partial charge on any atom is -0.325 e. The van der Waals surface area contributed by atoms with Crippen LogP contribution in [0.15, 0.2) is 23.3 Å². The Hall–Kier alpha value is -2.70. The smallest absolute Gasteiger partial charge is 0.283 e. The highest BCUT2D eigenvalue weighted by molar-refractivity contribution is 6.02. The van der Waals surface area contributed by atoms with E-state index in [1.54, 1.807) is 12.4 Å². The molecule has 112 valence electrons. The van der Waals surface area contributed by atoms with Crippen LogP contribution in [0, 0.1) is 6.92 Å². The van der Waals surface area contributed by atoms with Crippen LogP contribution in [0.3, 0.4) is 0 Å². The van der Waals surface area contributed by atoms with Gasteiger partial charge in [-0.3, -0.25) is 4.79 Å². The average Bonchev–Trinajstić information content (AvgIpc) is 3.10. The summed E-state index contributed by atoms with van der Waals surface area (Å²) in [6.45, 7) is 7.45. The molecule has 0 radical (unpaired) electrons. The Morgan fingerprint density at radius 1 is 1.14 bits per heavy atom. The van der Waals surface area contributed by atoms with Crippen LogP contribution in [0.25, 0.3) is 27.6 Å². The zero-order chi connectivity index (χ0) is 15.4. The SMILES string of the molecule is CCn1ncc2c1ncc1c(=O)n3nc(C)cc3n(CC)c12. The highest BCUT2D eigenvalue weighted by Crippen LogP contribution is 2.23. The summed E-state index contributed by atoms with van der Waals surface area (Å²) in [5.74, 6) is 0. The zero-order valence-electron chi connectivity index (χ0n) is 12.7. The van der Waals surface area contributed by atoms with Crippen molar-refractivity contribution in [2.45, 2.75) is 33.9 Å². The maximum Gasteiger partial charge on any atom is 0.283 e. The number of fused-ring (bicyclic) bond motifs is 4. The highest BCUT2D eigenvalue weighted by atomic mass is 16.1. The van der Waals surface area contributed by atoms with E-state index in [2.05, 4.69) is 26.7 Å². The number of pyridine rings is 1. The largest absolute Gasteiger partial charge is 0.325 e. The lowest BCUT2D eigenvalue weighted by Crippen LogP contribution is -2.20. The third-order valence-electron chi connectivity index (χ3n) is 4.04. The number of aryl methyl sites for hydroxylation is 3. The summed E-state index contributed by atoms with van der Waals surface area (Å²) < 4.78 is 5.40. The molecule has 0 fully saturated rings. The lowest BCUT2D eigenvalue weighted by atomic mass is 10.2. The number of nitrogens with zero attached hydrogens (tertiary/aromatic N) is 6. The minimum atomic E-state index is -0.138. The first-order chi connectivity index (χ1) is 10.7. The second-order valence-corrected chi connectivity index (χ2v) is 5.32. The monoisotopic (exact) mass is 296 g/mol. The van der Waals surface area contributed by atoms with Gasteiger partial charge in [0.25, 0.3) is 5.56 Å². The molecule has 0 aliphatic rings. The zero-order valence-corrected chi connectivity index (χ0v) is 12.7. The topological polar surface area (TPSA) is 70.0 Å². The van der Waals surface area contributed by atoms with Crippen molar-refractivity contribution in [2.75, 3.05) is 0 Å². The van der Waals surface area contributed by atoms with Crippen LogP contribution in [0.4, 0.5) is 0 Å². The molecular formula is C15H16N6O. The van der Waals surface area contributed by atoms with Crippen LogP contribution in [0.2, 0.25) is 0 Å². The lowest BCUT2D eigenvalue weighted by molar-refractivity contribution is 0.677. The highest BCUT2D eigenvalue weighted by Gasteiger charge is 2.16.